The van der Waals surface area contributed by atoms with Gasteiger partial charge < -0.3 is 10.2 Å². The van der Waals surface area contributed by atoms with Crippen LogP contribution in [-0.4, -0.2) is 41.8 Å². The number of nitrogens with one attached hydrogen (secondary N) is 1. The van der Waals surface area contributed by atoms with E-state index in [0.29, 0.717) is 6.54 Å². The van der Waals surface area contributed by atoms with Crippen LogP contribution in [0, 0.1) is 13.8 Å². The van der Waals surface area contributed by atoms with E-state index >= 15 is 0 Å². The van der Waals surface area contributed by atoms with E-state index in [0.717, 1.165) is 17.1 Å². The van der Waals surface area contributed by atoms with Crippen molar-refractivity contribution in [2.45, 2.75) is 20.3 Å². The average molecular weight is 281 g/mol. The molecular weight excluding hydrogens is 262 g/mol. The molecule has 2 amide bonds. The highest BCUT2D eigenvalue weighted by Crippen LogP contribution is 2.16. The van der Waals surface area contributed by atoms with Crippen molar-refractivity contribution in [3.63, 3.8) is 0 Å². The largest absolute Gasteiger partial charge is 0.354 e. The molecule has 0 aliphatic rings. The Bertz CT molecular complexity index is 482. The first-order valence-corrected chi connectivity index (χ1v) is 6.82. The summed E-state index contributed by atoms with van der Waals surface area (Å²) in [5.41, 5.74) is 1.02. The van der Waals surface area contributed by atoms with Gasteiger partial charge in [-0.25, -0.2) is 4.98 Å². The van der Waals surface area contributed by atoms with Crippen LogP contribution in [0.4, 0.5) is 0 Å². The van der Waals surface area contributed by atoms with E-state index in [1.807, 2.05) is 13.8 Å². The normalized spacial score (nSPS) is 10.1. The Kier molecular flexibility index (Phi) is 5.69. The van der Waals surface area contributed by atoms with Crippen molar-refractivity contribution in [2.75, 3.05) is 20.1 Å². The van der Waals surface area contributed by atoms with E-state index in [2.05, 4.69) is 16.9 Å². The van der Waals surface area contributed by atoms with E-state index in [1.54, 1.807) is 18.4 Å². The lowest BCUT2D eigenvalue weighted by atomic mass is 10.3. The molecule has 0 aromatic carbocycles. The molecule has 1 aromatic heterocycles. The summed E-state index contributed by atoms with van der Waals surface area (Å²) in [4.78, 5) is 29.7. The molecule has 5 nitrogen and oxygen atoms in total. The first-order valence-electron chi connectivity index (χ1n) is 6.01. The molecule has 0 spiro atoms. The van der Waals surface area contributed by atoms with Crippen LogP contribution < -0.4 is 5.32 Å². The van der Waals surface area contributed by atoms with Crippen LogP contribution in [0.5, 0.6) is 0 Å². The van der Waals surface area contributed by atoms with Crippen LogP contribution in [0.1, 0.15) is 15.6 Å². The number of aryl methyl sites for hydroxylation is 2. The Morgan fingerprint density at radius 1 is 1.47 bits per heavy atom. The first-order chi connectivity index (χ1) is 8.93. The zero-order valence-electron chi connectivity index (χ0n) is 11.5. The van der Waals surface area contributed by atoms with Gasteiger partial charge in [-0.1, -0.05) is 6.58 Å². The molecule has 0 aliphatic heterocycles. The maximum atomic E-state index is 11.6. The van der Waals surface area contributed by atoms with E-state index in [-0.39, 0.29) is 18.4 Å². The number of likely N-dealkylation sites (N-methyl/N-ethyl adjacent to an activating group) is 1. The van der Waals surface area contributed by atoms with Gasteiger partial charge in [-0.2, -0.15) is 0 Å². The zero-order chi connectivity index (χ0) is 14.4. The molecule has 1 aromatic rings. The topological polar surface area (TPSA) is 62.3 Å². The lowest BCUT2D eigenvalue weighted by Crippen LogP contribution is -2.38. The molecule has 1 N–H and O–H groups in total. The standard InChI is InChI=1S/C13H19N3O2S/c1-5-13(18)16(4)8-12(17)14-7-6-11-9(2)15-10(3)19-11/h5H,1,6-8H2,2-4H3,(H,14,17). The average Bonchev–Trinajstić information content (AvgIpc) is 2.66. The summed E-state index contributed by atoms with van der Waals surface area (Å²) in [6.07, 6.45) is 1.96. The van der Waals surface area contributed by atoms with E-state index in [9.17, 15) is 9.59 Å². The smallest absolute Gasteiger partial charge is 0.246 e. The Labute approximate surface area is 117 Å². The van der Waals surface area contributed by atoms with Crippen molar-refractivity contribution in [3.05, 3.63) is 28.2 Å². The van der Waals surface area contributed by atoms with Crippen molar-refractivity contribution in [2.24, 2.45) is 0 Å². The Balaban J connectivity index is 2.33. The van der Waals surface area contributed by atoms with Crippen LogP contribution >= 0.6 is 11.3 Å². The van der Waals surface area contributed by atoms with Crippen molar-refractivity contribution in [3.8, 4) is 0 Å². The predicted molar refractivity (Wildman–Crippen MR) is 76.1 cm³/mol. The van der Waals surface area contributed by atoms with Crippen LogP contribution in [-0.2, 0) is 16.0 Å². The minimum absolute atomic E-state index is 0.0472. The number of carbonyl (C=O) groups excluding carboxylic acids is 2. The molecule has 0 atom stereocenters. The molecule has 0 saturated carbocycles. The molecule has 1 heterocycles. The summed E-state index contributed by atoms with van der Waals surface area (Å²) in [7, 11) is 1.57. The highest BCUT2D eigenvalue weighted by atomic mass is 32.1. The fourth-order valence-electron chi connectivity index (χ4n) is 1.63. The monoisotopic (exact) mass is 281 g/mol. The number of hydrogen-bond donors (Lipinski definition) is 1. The van der Waals surface area contributed by atoms with Crippen molar-refractivity contribution in [1.29, 1.82) is 0 Å². The molecule has 0 saturated heterocycles. The number of amides is 2. The Morgan fingerprint density at radius 3 is 2.68 bits per heavy atom. The minimum Gasteiger partial charge on any atom is -0.354 e. The predicted octanol–water partition coefficient (Wildman–Crippen LogP) is 1.06. The van der Waals surface area contributed by atoms with Gasteiger partial charge in [-0.3, -0.25) is 9.59 Å². The number of aromatic nitrogens is 1. The second kappa shape index (κ2) is 7.04. The summed E-state index contributed by atoms with van der Waals surface area (Å²) in [6, 6.07) is 0. The number of thiazole rings is 1. The van der Waals surface area contributed by atoms with Gasteiger partial charge in [0, 0.05) is 24.9 Å². The molecule has 0 aliphatic carbocycles. The van der Waals surface area contributed by atoms with Gasteiger partial charge in [0.15, 0.2) is 0 Å². The molecule has 0 unspecified atom stereocenters. The fraction of sp³-hybridized carbons (Fsp3) is 0.462. The summed E-state index contributed by atoms with van der Waals surface area (Å²) in [6.45, 7) is 7.91. The van der Waals surface area contributed by atoms with Gasteiger partial charge in [-0.15, -0.1) is 11.3 Å². The highest BCUT2D eigenvalue weighted by molar-refractivity contribution is 7.11. The fourth-order valence-corrected chi connectivity index (χ4v) is 2.56. The molecule has 0 radical (unpaired) electrons. The number of nitrogens with zero attached hydrogens (tertiary/aromatic N) is 2. The van der Waals surface area contributed by atoms with Gasteiger partial charge in [0.05, 0.1) is 17.2 Å². The first kappa shape index (κ1) is 15.4. The molecule has 0 bridgehead atoms. The minimum atomic E-state index is -0.260. The zero-order valence-corrected chi connectivity index (χ0v) is 12.3. The van der Waals surface area contributed by atoms with Crippen LogP contribution in [0.2, 0.25) is 0 Å². The molecule has 1 rings (SSSR count). The molecule has 104 valence electrons. The van der Waals surface area contributed by atoms with E-state index in [1.165, 1.54) is 15.9 Å². The second-order valence-corrected chi connectivity index (χ2v) is 5.53. The van der Waals surface area contributed by atoms with Gasteiger partial charge in [0.25, 0.3) is 0 Å². The van der Waals surface area contributed by atoms with Crippen LogP contribution in [0.3, 0.4) is 0 Å². The molecule has 6 heteroatoms. The SMILES string of the molecule is C=CC(=O)N(C)CC(=O)NCCc1sc(C)nc1C. The van der Waals surface area contributed by atoms with Crippen molar-refractivity contribution < 1.29 is 9.59 Å². The Hall–Kier alpha value is -1.69. The third kappa shape index (κ3) is 4.82. The van der Waals surface area contributed by atoms with Gasteiger partial charge in [0.2, 0.25) is 11.8 Å². The highest BCUT2D eigenvalue weighted by Gasteiger charge is 2.10. The number of rotatable bonds is 6. The number of carbonyl (C=O) groups is 2. The van der Waals surface area contributed by atoms with Gasteiger partial charge >= 0.3 is 0 Å². The quantitative estimate of drug-likeness (QED) is 0.793. The summed E-state index contributed by atoms with van der Waals surface area (Å²) in [5.74, 6) is -0.430. The van der Waals surface area contributed by atoms with E-state index in [4.69, 9.17) is 0 Å². The lowest BCUT2D eigenvalue weighted by Gasteiger charge is -2.14. The summed E-state index contributed by atoms with van der Waals surface area (Å²) >= 11 is 1.65. The van der Waals surface area contributed by atoms with Crippen molar-refractivity contribution >= 4 is 23.2 Å². The summed E-state index contributed by atoms with van der Waals surface area (Å²) < 4.78 is 0. The van der Waals surface area contributed by atoms with E-state index < -0.39 is 0 Å². The van der Waals surface area contributed by atoms with Gasteiger partial charge in [0.1, 0.15) is 0 Å². The van der Waals surface area contributed by atoms with Crippen LogP contribution in [0.25, 0.3) is 0 Å². The summed E-state index contributed by atoms with van der Waals surface area (Å²) in [5, 5.41) is 3.83. The molecular formula is C13H19N3O2S. The van der Waals surface area contributed by atoms with Gasteiger partial charge in [-0.05, 0) is 19.9 Å². The van der Waals surface area contributed by atoms with Crippen molar-refractivity contribution in [1.82, 2.24) is 15.2 Å². The molecule has 19 heavy (non-hydrogen) atoms. The maximum absolute atomic E-state index is 11.6. The lowest BCUT2D eigenvalue weighted by molar-refractivity contribution is -0.131. The maximum Gasteiger partial charge on any atom is 0.246 e. The molecule has 0 fully saturated rings. The van der Waals surface area contributed by atoms with Crippen LogP contribution in [0.15, 0.2) is 12.7 Å². The second-order valence-electron chi connectivity index (χ2n) is 4.24. The third-order valence-electron chi connectivity index (χ3n) is 2.61. The third-order valence-corrected chi connectivity index (χ3v) is 3.74. The Morgan fingerprint density at radius 2 is 2.16 bits per heavy atom. The number of hydrogen-bond acceptors (Lipinski definition) is 4.